The SMILES string of the molecule is CN=C(NCc1ccccn1)NCC(C(C)C)N1CCCCCC1. The molecule has 5 nitrogen and oxygen atoms in total. The minimum atomic E-state index is 0.552. The van der Waals surface area contributed by atoms with Crippen LogP contribution in [0.25, 0.3) is 0 Å². The van der Waals surface area contributed by atoms with E-state index in [1.165, 1.54) is 38.8 Å². The molecule has 1 unspecified atom stereocenters. The van der Waals surface area contributed by atoms with Crippen molar-refractivity contribution in [3.63, 3.8) is 0 Å². The smallest absolute Gasteiger partial charge is 0.191 e. The average molecular weight is 332 g/mol. The lowest BCUT2D eigenvalue weighted by Crippen LogP contribution is -2.49. The summed E-state index contributed by atoms with van der Waals surface area (Å²) < 4.78 is 0. The molecule has 0 bridgehead atoms. The zero-order valence-electron chi connectivity index (χ0n) is 15.5. The molecule has 0 aromatic carbocycles. The molecule has 1 saturated heterocycles. The van der Waals surface area contributed by atoms with Crippen molar-refractivity contribution in [2.45, 2.75) is 52.1 Å². The molecule has 1 aromatic rings. The van der Waals surface area contributed by atoms with E-state index in [9.17, 15) is 0 Å². The molecule has 134 valence electrons. The molecular weight excluding hydrogens is 298 g/mol. The zero-order chi connectivity index (χ0) is 17.2. The summed E-state index contributed by atoms with van der Waals surface area (Å²) in [4.78, 5) is 11.3. The van der Waals surface area contributed by atoms with Gasteiger partial charge in [-0.3, -0.25) is 14.9 Å². The van der Waals surface area contributed by atoms with Crippen LogP contribution in [0.15, 0.2) is 29.4 Å². The van der Waals surface area contributed by atoms with Crippen LogP contribution in [-0.4, -0.2) is 48.6 Å². The summed E-state index contributed by atoms with van der Waals surface area (Å²) in [6.07, 6.45) is 7.23. The van der Waals surface area contributed by atoms with Gasteiger partial charge in [0.15, 0.2) is 5.96 Å². The predicted octanol–water partition coefficient (Wildman–Crippen LogP) is 2.65. The van der Waals surface area contributed by atoms with E-state index in [0.717, 1.165) is 18.2 Å². The Hall–Kier alpha value is -1.62. The number of guanidine groups is 1. The summed E-state index contributed by atoms with van der Waals surface area (Å²) in [7, 11) is 1.82. The lowest BCUT2D eigenvalue weighted by molar-refractivity contribution is 0.161. The second-order valence-corrected chi connectivity index (χ2v) is 6.89. The standard InChI is InChI=1S/C19H33N5/c1-16(2)18(24-12-8-4-5-9-13-24)15-23-19(20-3)22-14-17-10-6-7-11-21-17/h6-7,10-11,16,18H,4-5,8-9,12-15H2,1-3H3,(H2,20,22,23). The molecule has 2 N–H and O–H groups in total. The molecule has 1 aromatic heterocycles. The van der Waals surface area contributed by atoms with Crippen molar-refractivity contribution in [3.05, 3.63) is 30.1 Å². The van der Waals surface area contributed by atoms with Crippen LogP contribution in [0.2, 0.25) is 0 Å². The minimum Gasteiger partial charge on any atom is -0.355 e. The third-order valence-corrected chi connectivity index (χ3v) is 4.74. The van der Waals surface area contributed by atoms with E-state index >= 15 is 0 Å². The quantitative estimate of drug-likeness (QED) is 0.621. The molecule has 2 rings (SSSR count). The van der Waals surface area contributed by atoms with Gasteiger partial charge in [-0.25, -0.2) is 0 Å². The van der Waals surface area contributed by atoms with Gasteiger partial charge in [0.2, 0.25) is 0 Å². The number of aliphatic imine (C=N–C) groups is 1. The highest BCUT2D eigenvalue weighted by molar-refractivity contribution is 5.79. The zero-order valence-corrected chi connectivity index (χ0v) is 15.5. The lowest BCUT2D eigenvalue weighted by Gasteiger charge is -2.34. The molecule has 0 aliphatic carbocycles. The molecule has 0 saturated carbocycles. The summed E-state index contributed by atoms with van der Waals surface area (Å²) in [5, 5.41) is 6.86. The molecule has 24 heavy (non-hydrogen) atoms. The first-order chi connectivity index (χ1) is 11.7. The highest BCUT2D eigenvalue weighted by Gasteiger charge is 2.22. The van der Waals surface area contributed by atoms with Crippen LogP contribution in [0.3, 0.4) is 0 Å². The molecule has 2 heterocycles. The van der Waals surface area contributed by atoms with Crippen LogP contribution in [0.5, 0.6) is 0 Å². The first kappa shape index (κ1) is 18.7. The Labute approximate surface area is 147 Å². The van der Waals surface area contributed by atoms with Crippen LogP contribution in [0.1, 0.15) is 45.2 Å². The van der Waals surface area contributed by atoms with Gasteiger partial charge >= 0.3 is 0 Å². The summed E-state index contributed by atoms with van der Waals surface area (Å²) in [6, 6.07) is 6.52. The van der Waals surface area contributed by atoms with Gasteiger partial charge in [-0.1, -0.05) is 32.8 Å². The Bertz CT molecular complexity index is 478. The number of aromatic nitrogens is 1. The number of nitrogens with one attached hydrogen (secondary N) is 2. The fraction of sp³-hybridized carbons (Fsp3) is 0.684. The van der Waals surface area contributed by atoms with Crippen molar-refractivity contribution in [3.8, 4) is 0 Å². The number of rotatable bonds is 6. The van der Waals surface area contributed by atoms with Crippen molar-refractivity contribution >= 4 is 5.96 Å². The first-order valence-electron chi connectivity index (χ1n) is 9.29. The van der Waals surface area contributed by atoms with Crippen LogP contribution >= 0.6 is 0 Å². The monoisotopic (exact) mass is 331 g/mol. The maximum absolute atomic E-state index is 4.35. The molecule has 1 atom stereocenters. The van der Waals surface area contributed by atoms with E-state index in [-0.39, 0.29) is 0 Å². The van der Waals surface area contributed by atoms with E-state index in [4.69, 9.17) is 0 Å². The molecule has 1 fully saturated rings. The van der Waals surface area contributed by atoms with Crippen molar-refractivity contribution < 1.29 is 0 Å². The van der Waals surface area contributed by atoms with Crippen LogP contribution < -0.4 is 10.6 Å². The highest BCUT2D eigenvalue weighted by atomic mass is 15.2. The maximum atomic E-state index is 4.35. The number of hydrogen-bond acceptors (Lipinski definition) is 3. The van der Waals surface area contributed by atoms with E-state index in [0.29, 0.717) is 18.5 Å². The summed E-state index contributed by atoms with van der Waals surface area (Å²) in [6.45, 7) is 8.72. The molecular formula is C19H33N5. The van der Waals surface area contributed by atoms with Gasteiger partial charge in [-0.2, -0.15) is 0 Å². The number of likely N-dealkylation sites (tertiary alicyclic amines) is 1. The highest BCUT2D eigenvalue weighted by Crippen LogP contribution is 2.17. The topological polar surface area (TPSA) is 52.6 Å². The Morgan fingerprint density at radius 3 is 2.50 bits per heavy atom. The van der Waals surface area contributed by atoms with Gasteiger partial charge in [-0.15, -0.1) is 0 Å². The number of nitrogens with zero attached hydrogens (tertiary/aromatic N) is 3. The maximum Gasteiger partial charge on any atom is 0.191 e. The normalized spacial score (nSPS) is 18.2. The second-order valence-electron chi connectivity index (χ2n) is 6.89. The third-order valence-electron chi connectivity index (χ3n) is 4.74. The van der Waals surface area contributed by atoms with Gasteiger partial charge in [0, 0.05) is 25.8 Å². The Balaban J connectivity index is 1.84. The van der Waals surface area contributed by atoms with Crippen molar-refractivity contribution in [1.29, 1.82) is 0 Å². The molecule has 1 aliphatic rings. The van der Waals surface area contributed by atoms with E-state index < -0.39 is 0 Å². The molecule has 1 aliphatic heterocycles. The van der Waals surface area contributed by atoms with Crippen LogP contribution in [-0.2, 0) is 6.54 Å². The fourth-order valence-electron chi connectivity index (χ4n) is 3.31. The molecule has 0 amide bonds. The van der Waals surface area contributed by atoms with E-state index in [1.54, 1.807) is 0 Å². The summed E-state index contributed by atoms with van der Waals surface area (Å²) in [5.74, 6) is 1.48. The van der Waals surface area contributed by atoms with Gasteiger partial charge in [0.05, 0.1) is 12.2 Å². The molecule has 0 spiro atoms. The van der Waals surface area contributed by atoms with Gasteiger partial charge in [0.1, 0.15) is 0 Å². The van der Waals surface area contributed by atoms with Gasteiger partial charge in [0.25, 0.3) is 0 Å². The Morgan fingerprint density at radius 1 is 1.17 bits per heavy atom. The van der Waals surface area contributed by atoms with Crippen LogP contribution in [0.4, 0.5) is 0 Å². The largest absolute Gasteiger partial charge is 0.355 e. The molecule has 0 radical (unpaired) electrons. The number of pyridine rings is 1. The van der Waals surface area contributed by atoms with Crippen molar-refractivity contribution in [2.24, 2.45) is 10.9 Å². The van der Waals surface area contributed by atoms with E-state index in [1.807, 2.05) is 31.4 Å². The first-order valence-corrected chi connectivity index (χ1v) is 9.29. The van der Waals surface area contributed by atoms with Crippen molar-refractivity contribution in [2.75, 3.05) is 26.7 Å². The van der Waals surface area contributed by atoms with Crippen molar-refractivity contribution in [1.82, 2.24) is 20.5 Å². The summed E-state index contributed by atoms with van der Waals surface area (Å²) in [5.41, 5.74) is 1.02. The van der Waals surface area contributed by atoms with Gasteiger partial charge < -0.3 is 10.6 Å². The number of hydrogen-bond donors (Lipinski definition) is 2. The Kier molecular flexibility index (Phi) is 8.02. The molecule has 5 heteroatoms. The third kappa shape index (κ3) is 6.11. The second kappa shape index (κ2) is 10.3. The summed E-state index contributed by atoms with van der Waals surface area (Å²) >= 11 is 0. The Morgan fingerprint density at radius 2 is 1.92 bits per heavy atom. The average Bonchev–Trinajstić information content (AvgIpc) is 2.88. The lowest BCUT2D eigenvalue weighted by atomic mass is 10.0. The van der Waals surface area contributed by atoms with Crippen LogP contribution in [0, 0.1) is 5.92 Å². The predicted molar refractivity (Wildman–Crippen MR) is 101 cm³/mol. The minimum absolute atomic E-state index is 0.552. The van der Waals surface area contributed by atoms with Gasteiger partial charge in [-0.05, 0) is 44.0 Å². The van der Waals surface area contributed by atoms with E-state index in [2.05, 4.69) is 39.4 Å². The fourth-order valence-corrected chi connectivity index (χ4v) is 3.31.